The van der Waals surface area contributed by atoms with E-state index in [4.69, 9.17) is 4.65 Å². The van der Waals surface area contributed by atoms with Gasteiger partial charge in [0.05, 0.1) is 11.7 Å². The van der Waals surface area contributed by atoms with Gasteiger partial charge in [0.1, 0.15) is 0 Å². The second-order valence-corrected chi connectivity index (χ2v) is 6.33. The molecule has 0 aliphatic heterocycles. The minimum atomic E-state index is -0.383. The van der Waals surface area contributed by atoms with Gasteiger partial charge in [0.2, 0.25) is 0 Å². The number of aliphatic hydroxyl groups excluding tert-OH is 1. The van der Waals surface area contributed by atoms with Gasteiger partial charge in [0.15, 0.2) is 0 Å². The standard InChI is InChI=1S/C11H19BBrO2/c1-10(2)7-4-8(10)11(3,9(14)5-7)15-12-6-13/h7-9,14H,4-6H2,1-3H3/t7-,8-,9?,11-/m0/s1. The molecule has 3 rings (SSSR count). The molecule has 0 spiro atoms. The summed E-state index contributed by atoms with van der Waals surface area (Å²) in [7, 11) is 1.76. The molecule has 0 aromatic rings. The maximum absolute atomic E-state index is 10.1. The van der Waals surface area contributed by atoms with Crippen LogP contribution >= 0.6 is 15.9 Å². The number of hydrogen-bond donors (Lipinski definition) is 1. The van der Waals surface area contributed by atoms with Gasteiger partial charge < -0.3 is 9.76 Å². The number of hydrogen-bond acceptors (Lipinski definition) is 2. The van der Waals surface area contributed by atoms with Crippen LogP contribution in [0, 0.1) is 17.3 Å². The Hall–Kier alpha value is 0.465. The molecule has 0 heterocycles. The molecule has 0 amide bonds. The summed E-state index contributed by atoms with van der Waals surface area (Å²) < 4.78 is 5.80. The van der Waals surface area contributed by atoms with Crippen LogP contribution in [0.2, 0.25) is 0 Å². The maximum Gasteiger partial charge on any atom is 0.304 e. The molecule has 4 atom stereocenters. The van der Waals surface area contributed by atoms with E-state index in [-0.39, 0.29) is 11.7 Å². The van der Waals surface area contributed by atoms with Crippen LogP contribution in [0.5, 0.6) is 0 Å². The van der Waals surface area contributed by atoms with E-state index in [0.717, 1.165) is 6.42 Å². The molecule has 4 heteroatoms. The van der Waals surface area contributed by atoms with Crippen molar-refractivity contribution >= 4 is 23.4 Å². The summed E-state index contributed by atoms with van der Waals surface area (Å²) in [6.45, 7) is 6.65. The van der Waals surface area contributed by atoms with E-state index >= 15 is 0 Å². The summed E-state index contributed by atoms with van der Waals surface area (Å²) in [4.78, 5) is 0. The molecule has 0 aromatic carbocycles. The zero-order valence-electron chi connectivity index (χ0n) is 9.66. The Morgan fingerprint density at radius 3 is 2.60 bits per heavy atom. The summed E-state index contributed by atoms with van der Waals surface area (Å²) in [5.74, 6) is 1.16. The van der Waals surface area contributed by atoms with E-state index in [1.54, 1.807) is 7.48 Å². The van der Waals surface area contributed by atoms with Gasteiger partial charge in [-0.2, -0.15) is 0 Å². The quantitative estimate of drug-likeness (QED) is 0.631. The Morgan fingerprint density at radius 2 is 2.07 bits per heavy atom. The van der Waals surface area contributed by atoms with E-state index in [0.29, 0.717) is 22.5 Å². The largest absolute Gasteiger partial charge is 0.432 e. The van der Waals surface area contributed by atoms with Gasteiger partial charge >= 0.3 is 7.48 Å². The van der Waals surface area contributed by atoms with Crippen molar-refractivity contribution < 1.29 is 9.76 Å². The van der Waals surface area contributed by atoms with E-state index in [9.17, 15) is 5.11 Å². The third-order valence-corrected chi connectivity index (χ3v) is 5.00. The Morgan fingerprint density at radius 1 is 1.40 bits per heavy atom. The van der Waals surface area contributed by atoms with Gasteiger partial charge in [0, 0.05) is 5.23 Å². The second kappa shape index (κ2) is 3.74. The third kappa shape index (κ3) is 1.60. The lowest BCUT2D eigenvalue weighted by Gasteiger charge is -2.65. The van der Waals surface area contributed by atoms with Crippen LogP contribution in [0.1, 0.15) is 33.6 Å². The number of rotatable bonds is 3. The number of halogens is 1. The Bertz CT molecular complexity index is 259. The van der Waals surface area contributed by atoms with Gasteiger partial charge in [-0.25, -0.2) is 0 Å². The van der Waals surface area contributed by atoms with Gasteiger partial charge in [0.25, 0.3) is 0 Å². The minimum absolute atomic E-state index is 0.315. The van der Waals surface area contributed by atoms with Crippen molar-refractivity contribution in [1.29, 1.82) is 0 Å². The highest BCUT2D eigenvalue weighted by molar-refractivity contribution is 9.09. The van der Waals surface area contributed by atoms with Gasteiger partial charge in [-0.3, -0.25) is 0 Å². The number of aliphatic hydroxyl groups is 1. The molecule has 3 fully saturated rings. The highest BCUT2D eigenvalue weighted by Gasteiger charge is 2.63. The molecule has 1 N–H and O–H groups in total. The molecule has 3 saturated carbocycles. The highest BCUT2D eigenvalue weighted by atomic mass is 79.9. The first-order chi connectivity index (χ1) is 6.93. The zero-order chi connectivity index (χ0) is 11.3. The first-order valence-electron chi connectivity index (χ1n) is 5.66. The molecule has 3 aliphatic carbocycles. The van der Waals surface area contributed by atoms with Crippen LogP contribution in [0.15, 0.2) is 0 Å². The minimum Gasteiger partial charge on any atom is -0.432 e. The lowest BCUT2D eigenvalue weighted by molar-refractivity contribution is -0.234. The lowest BCUT2D eigenvalue weighted by atomic mass is 9.43. The van der Waals surface area contributed by atoms with E-state index < -0.39 is 0 Å². The SMILES string of the molecule is CC1(C)[C@@H]2CC(O)[C@@](C)(O[B]CBr)[C@H]1C2. The Balaban J connectivity index is 2.14. The van der Waals surface area contributed by atoms with Crippen molar-refractivity contribution in [2.45, 2.75) is 45.3 Å². The van der Waals surface area contributed by atoms with Crippen LogP contribution in [0.25, 0.3) is 0 Å². The van der Waals surface area contributed by atoms with E-state index in [2.05, 4.69) is 36.7 Å². The van der Waals surface area contributed by atoms with Crippen LogP contribution in [0.3, 0.4) is 0 Å². The van der Waals surface area contributed by atoms with Crippen LogP contribution in [0.4, 0.5) is 0 Å². The Kier molecular flexibility index (Phi) is 2.98. The third-order valence-electron chi connectivity index (χ3n) is 4.73. The fraction of sp³-hybridized carbons (Fsp3) is 1.00. The van der Waals surface area contributed by atoms with Crippen LogP contribution < -0.4 is 0 Å². The molecule has 15 heavy (non-hydrogen) atoms. The van der Waals surface area contributed by atoms with Gasteiger partial charge in [-0.05, 0) is 37.0 Å². The van der Waals surface area contributed by atoms with Crippen LogP contribution in [-0.4, -0.2) is 29.5 Å². The van der Waals surface area contributed by atoms with Crippen molar-refractivity contribution in [2.75, 3.05) is 5.23 Å². The molecular weight excluding hydrogens is 255 g/mol. The summed E-state index contributed by atoms with van der Waals surface area (Å²) >= 11 is 3.32. The van der Waals surface area contributed by atoms with Crippen molar-refractivity contribution in [3.05, 3.63) is 0 Å². The van der Waals surface area contributed by atoms with Gasteiger partial charge in [-0.15, -0.1) is 0 Å². The smallest absolute Gasteiger partial charge is 0.304 e. The summed E-state index contributed by atoms with van der Waals surface area (Å²) in [6, 6.07) is 0. The monoisotopic (exact) mass is 273 g/mol. The molecule has 85 valence electrons. The topological polar surface area (TPSA) is 29.5 Å². The molecule has 1 radical (unpaired) electrons. The molecule has 2 nitrogen and oxygen atoms in total. The van der Waals surface area contributed by atoms with Crippen molar-refractivity contribution in [2.24, 2.45) is 17.3 Å². The number of fused-ring (bicyclic) bond motifs is 2. The van der Waals surface area contributed by atoms with Crippen LogP contribution in [-0.2, 0) is 4.65 Å². The first-order valence-corrected chi connectivity index (χ1v) is 6.78. The average Bonchev–Trinajstić information content (AvgIpc) is 2.18. The highest BCUT2D eigenvalue weighted by Crippen LogP contribution is 2.63. The molecular formula is C11H19BBrO2. The molecule has 1 unspecified atom stereocenters. The summed E-state index contributed by atoms with van der Waals surface area (Å²) in [5.41, 5.74) is -0.0554. The molecule has 0 aromatic heterocycles. The fourth-order valence-electron chi connectivity index (χ4n) is 3.50. The summed E-state index contributed by atoms with van der Waals surface area (Å²) in [5, 5.41) is 10.8. The summed E-state index contributed by atoms with van der Waals surface area (Å²) in [6.07, 6.45) is 1.77. The predicted molar refractivity (Wildman–Crippen MR) is 65.0 cm³/mol. The van der Waals surface area contributed by atoms with E-state index in [1.165, 1.54) is 6.42 Å². The maximum atomic E-state index is 10.1. The Labute approximate surface area is 101 Å². The zero-order valence-corrected chi connectivity index (χ0v) is 11.3. The fourth-order valence-corrected chi connectivity index (χ4v) is 3.63. The lowest BCUT2D eigenvalue weighted by Crippen LogP contribution is -2.67. The average molecular weight is 274 g/mol. The molecule has 2 bridgehead atoms. The molecule has 0 saturated heterocycles. The van der Waals surface area contributed by atoms with Crippen molar-refractivity contribution in [3.63, 3.8) is 0 Å². The van der Waals surface area contributed by atoms with E-state index in [1.807, 2.05) is 0 Å². The van der Waals surface area contributed by atoms with Crippen molar-refractivity contribution in [1.82, 2.24) is 0 Å². The predicted octanol–water partition coefficient (Wildman–Crippen LogP) is 2.16. The number of alkyl halides is 1. The van der Waals surface area contributed by atoms with Gasteiger partial charge in [-0.1, -0.05) is 29.8 Å². The second-order valence-electron chi connectivity index (χ2n) is 5.68. The normalized spacial score (nSPS) is 47.1. The first kappa shape index (κ1) is 11.9. The van der Waals surface area contributed by atoms with Crippen molar-refractivity contribution in [3.8, 4) is 0 Å². The molecule has 3 aliphatic rings.